The molecule has 0 spiro atoms. The summed E-state index contributed by atoms with van der Waals surface area (Å²) in [4.78, 5) is 26.3. The van der Waals surface area contributed by atoms with Gasteiger partial charge in [0.1, 0.15) is 5.60 Å². The Hall–Kier alpha value is -2.17. The molecule has 3 rings (SSSR count). The van der Waals surface area contributed by atoms with Crippen LogP contribution in [-0.4, -0.2) is 81.0 Å². The van der Waals surface area contributed by atoms with Gasteiger partial charge in [-0.15, -0.1) is 0 Å². The Morgan fingerprint density at radius 2 is 2.03 bits per heavy atom. The summed E-state index contributed by atoms with van der Waals surface area (Å²) in [6.45, 7) is 7.33. The van der Waals surface area contributed by atoms with E-state index in [9.17, 15) is 18.0 Å². The fourth-order valence-electron chi connectivity index (χ4n) is 3.68. The number of likely N-dealkylation sites (N-methyl/N-ethyl adjacent to an activating group) is 1. The zero-order chi connectivity index (χ0) is 22.1. The second kappa shape index (κ2) is 8.52. The zero-order valence-corrected chi connectivity index (χ0v) is 18.7. The monoisotopic (exact) mass is 438 g/mol. The molecule has 10 heteroatoms. The van der Waals surface area contributed by atoms with Crippen molar-refractivity contribution in [2.75, 3.05) is 39.8 Å². The highest BCUT2D eigenvalue weighted by Gasteiger charge is 2.36. The van der Waals surface area contributed by atoms with Gasteiger partial charge in [0.25, 0.3) is 5.91 Å². The lowest BCUT2D eigenvalue weighted by Crippen LogP contribution is -2.57. The number of alkyl carbamates (subject to hydrolysis) is 1. The van der Waals surface area contributed by atoms with E-state index in [1.165, 1.54) is 10.4 Å². The SMILES string of the molecule is CN1CCN(S(=O)(=O)c2ccc3c(c2)C(=O)NCC3)C(CNC(=O)OC(C)(C)C)C1. The molecule has 1 unspecified atom stereocenters. The first-order valence-electron chi connectivity index (χ1n) is 10.1. The van der Waals surface area contributed by atoms with Crippen LogP contribution in [0.4, 0.5) is 4.79 Å². The molecule has 9 nitrogen and oxygen atoms in total. The molecule has 0 aliphatic carbocycles. The first-order chi connectivity index (χ1) is 14.0. The van der Waals surface area contributed by atoms with Crippen molar-refractivity contribution in [2.45, 2.75) is 43.7 Å². The standard InChI is InChI=1S/C20H30N4O5S/c1-20(2,3)29-19(26)22-12-15-13-23(4)9-10-24(15)30(27,28)16-6-5-14-7-8-21-18(25)17(14)11-16/h5-6,11,15H,7-10,12-13H2,1-4H3,(H,21,25)(H,22,26). The van der Waals surface area contributed by atoms with Crippen LogP contribution in [0.5, 0.6) is 0 Å². The highest BCUT2D eigenvalue weighted by molar-refractivity contribution is 7.89. The summed E-state index contributed by atoms with van der Waals surface area (Å²) >= 11 is 0. The minimum Gasteiger partial charge on any atom is -0.444 e. The summed E-state index contributed by atoms with van der Waals surface area (Å²) < 4.78 is 33.5. The molecule has 1 aromatic carbocycles. The Balaban J connectivity index is 1.81. The minimum absolute atomic E-state index is 0.0881. The molecule has 2 heterocycles. The summed E-state index contributed by atoms with van der Waals surface area (Å²) in [6, 6.07) is 4.27. The van der Waals surface area contributed by atoms with Crippen LogP contribution in [0, 0.1) is 0 Å². The van der Waals surface area contributed by atoms with Gasteiger partial charge in [0.05, 0.1) is 10.9 Å². The number of piperazine rings is 1. The quantitative estimate of drug-likeness (QED) is 0.720. The van der Waals surface area contributed by atoms with Crippen molar-refractivity contribution in [1.29, 1.82) is 0 Å². The fraction of sp³-hybridized carbons (Fsp3) is 0.600. The maximum absolute atomic E-state index is 13.4. The number of benzene rings is 1. The number of hydrogen-bond donors (Lipinski definition) is 2. The third-order valence-electron chi connectivity index (χ3n) is 5.13. The van der Waals surface area contributed by atoms with Crippen molar-refractivity contribution in [3.05, 3.63) is 29.3 Å². The van der Waals surface area contributed by atoms with Gasteiger partial charge in [-0.2, -0.15) is 4.31 Å². The molecular weight excluding hydrogens is 408 g/mol. The highest BCUT2D eigenvalue weighted by Crippen LogP contribution is 2.25. The van der Waals surface area contributed by atoms with Crippen LogP contribution in [-0.2, 0) is 21.2 Å². The molecule has 30 heavy (non-hydrogen) atoms. The number of sulfonamides is 1. The molecule has 2 amide bonds. The van der Waals surface area contributed by atoms with Gasteiger partial charge in [-0.1, -0.05) is 6.07 Å². The summed E-state index contributed by atoms with van der Waals surface area (Å²) in [6.07, 6.45) is 0.0942. The van der Waals surface area contributed by atoms with Gasteiger partial charge in [0.15, 0.2) is 0 Å². The summed E-state index contributed by atoms with van der Waals surface area (Å²) in [7, 11) is -1.93. The molecule has 1 saturated heterocycles. The third-order valence-corrected chi connectivity index (χ3v) is 7.07. The summed E-state index contributed by atoms with van der Waals surface area (Å²) in [5, 5.41) is 5.43. The van der Waals surface area contributed by atoms with E-state index in [0.717, 1.165) is 5.56 Å². The van der Waals surface area contributed by atoms with E-state index in [1.54, 1.807) is 32.9 Å². The Labute approximate surface area is 177 Å². The highest BCUT2D eigenvalue weighted by atomic mass is 32.2. The van der Waals surface area contributed by atoms with Crippen molar-refractivity contribution in [2.24, 2.45) is 0 Å². The van der Waals surface area contributed by atoms with Crippen molar-refractivity contribution in [1.82, 2.24) is 19.8 Å². The first kappa shape index (κ1) is 22.5. The molecular formula is C20H30N4O5S. The van der Waals surface area contributed by atoms with Crippen molar-refractivity contribution >= 4 is 22.0 Å². The van der Waals surface area contributed by atoms with Gasteiger partial charge in [0.2, 0.25) is 10.0 Å². The number of ether oxygens (including phenoxy) is 1. The summed E-state index contributed by atoms with van der Waals surface area (Å²) in [5.74, 6) is -0.255. The average molecular weight is 439 g/mol. The molecule has 1 atom stereocenters. The Bertz CT molecular complexity index is 926. The largest absolute Gasteiger partial charge is 0.444 e. The van der Waals surface area contributed by atoms with Crippen LogP contribution < -0.4 is 10.6 Å². The van der Waals surface area contributed by atoms with Crippen LogP contribution in [0.15, 0.2) is 23.1 Å². The lowest BCUT2D eigenvalue weighted by Gasteiger charge is -2.39. The Morgan fingerprint density at radius 3 is 2.73 bits per heavy atom. The van der Waals surface area contributed by atoms with Crippen molar-refractivity contribution in [3.8, 4) is 0 Å². The van der Waals surface area contributed by atoms with E-state index in [4.69, 9.17) is 4.74 Å². The van der Waals surface area contributed by atoms with Gasteiger partial charge in [0, 0.05) is 38.3 Å². The van der Waals surface area contributed by atoms with Gasteiger partial charge >= 0.3 is 6.09 Å². The third kappa shape index (κ3) is 5.11. The number of amides is 2. The maximum atomic E-state index is 13.4. The fourth-order valence-corrected chi connectivity index (χ4v) is 5.31. The minimum atomic E-state index is -3.84. The van der Waals surface area contributed by atoms with E-state index in [-0.39, 0.29) is 17.3 Å². The van der Waals surface area contributed by atoms with Crippen LogP contribution in [0.1, 0.15) is 36.7 Å². The van der Waals surface area contributed by atoms with E-state index in [0.29, 0.717) is 38.2 Å². The van der Waals surface area contributed by atoms with Crippen molar-refractivity contribution < 1.29 is 22.7 Å². The molecule has 2 N–H and O–H groups in total. The number of fused-ring (bicyclic) bond motifs is 1. The molecule has 0 saturated carbocycles. The van der Waals surface area contributed by atoms with Crippen LogP contribution in [0.3, 0.4) is 0 Å². The molecule has 166 valence electrons. The molecule has 2 aliphatic rings. The molecule has 0 radical (unpaired) electrons. The predicted octanol–water partition coefficient (Wildman–Crippen LogP) is 0.802. The number of nitrogens with one attached hydrogen (secondary N) is 2. The molecule has 1 fully saturated rings. The van der Waals surface area contributed by atoms with Gasteiger partial charge in [-0.25, -0.2) is 13.2 Å². The number of hydrogen-bond acceptors (Lipinski definition) is 6. The zero-order valence-electron chi connectivity index (χ0n) is 17.9. The van der Waals surface area contributed by atoms with Gasteiger partial charge in [-0.3, -0.25) is 4.79 Å². The predicted molar refractivity (Wildman–Crippen MR) is 112 cm³/mol. The first-order valence-corrected chi connectivity index (χ1v) is 11.5. The molecule has 0 aromatic heterocycles. The van der Waals surface area contributed by atoms with Gasteiger partial charge in [-0.05, 0) is 51.9 Å². The number of rotatable bonds is 4. The lowest BCUT2D eigenvalue weighted by atomic mass is 10.0. The van der Waals surface area contributed by atoms with E-state index < -0.39 is 27.8 Å². The number of carbonyl (C=O) groups excluding carboxylic acids is 2. The van der Waals surface area contributed by atoms with E-state index in [2.05, 4.69) is 10.6 Å². The molecule has 0 bridgehead atoms. The summed E-state index contributed by atoms with van der Waals surface area (Å²) in [5.41, 5.74) is 0.613. The van der Waals surface area contributed by atoms with E-state index >= 15 is 0 Å². The normalized spacial score (nSPS) is 20.9. The Morgan fingerprint density at radius 1 is 1.30 bits per heavy atom. The van der Waals surface area contributed by atoms with Crippen molar-refractivity contribution in [3.63, 3.8) is 0 Å². The lowest BCUT2D eigenvalue weighted by molar-refractivity contribution is 0.0502. The van der Waals surface area contributed by atoms with Gasteiger partial charge < -0.3 is 20.3 Å². The smallest absolute Gasteiger partial charge is 0.407 e. The molecule has 2 aliphatic heterocycles. The Kier molecular flexibility index (Phi) is 6.40. The topological polar surface area (TPSA) is 108 Å². The van der Waals surface area contributed by atoms with Crippen LogP contribution in [0.25, 0.3) is 0 Å². The maximum Gasteiger partial charge on any atom is 0.407 e. The molecule has 1 aromatic rings. The van der Waals surface area contributed by atoms with Crippen LogP contribution >= 0.6 is 0 Å². The second-order valence-electron chi connectivity index (χ2n) is 8.74. The van der Waals surface area contributed by atoms with Crippen LogP contribution in [0.2, 0.25) is 0 Å². The number of carbonyl (C=O) groups is 2. The average Bonchev–Trinajstić information content (AvgIpc) is 2.65. The second-order valence-corrected chi connectivity index (χ2v) is 10.6. The number of nitrogens with zero attached hydrogens (tertiary/aromatic N) is 2. The van der Waals surface area contributed by atoms with E-state index in [1.807, 2.05) is 11.9 Å².